The van der Waals surface area contributed by atoms with Gasteiger partial charge in [0.1, 0.15) is 0 Å². The Kier molecular flexibility index (Phi) is 4.77. The average Bonchev–Trinajstić information content (AvgIpc) is 3.26. The van der Waals surface area contributed by atoms with Crippen LogP contribution >= 0.6 is 11.3 Å². The quantitative estimate of drug-likeness (QED) is 0.838. The number of carbonyl (C=O) groups is 1. The van der Waals surface area contributed by atoms with Crippen LogP contribution < -0.4 is 0 Å². The Morgan fingerprint density at radius 3 is 3.09 bits per heavy atom. The van der Waals surface area contributed by atoms with Gasteiger partial charge in [-0.15, -0.1) is 11.3 Å². The third-order valence-corrected chi connectivity index (χ3v) is 4.95. The van der Waals surface area contributed by atoms with Crippen LogP contribution in [-0.2, 0) is 11.3 Å². The summed E-state index contributed by atoms with van der Waals surface area (Å²) in [6.07, 6.45) is 1.82. The molecule has 0 saturated carbocycles. The van der Waals surface area contributed by atoms with Crippen LogP contribution in [0.2, 0.25) is 0 Å². The lowest BCUT2D eigenvalue weighted by Crippen LogP contribution is -2.31. The molecule has 2 aromatic heterocycles. The molecule has 1 aliphatic rings. The number of hydrogen-bond donors (Lipinski definition) is 0. The van der Waals surface area contributed by atoms with Gasteiger partial charge < -0.3 is 14.2 Å². The Bertz CT molecular complexity index is 680. The highest BCUT2D eigenvalue weighted by Crippen LogP contribution is 2.33. The summed E-state index contributed by atoms with van der Waals surface area (Å²) in [5.74, 6) is 1.46. The van der Waals surface area contributed by atoms with Crippen LogP contribution in [0.25, 0.3) is 0 Å². The molecule has 1 aliphatic heterocycles. The third kappa shape index (κ3) is 3.16. The number of thiophene rings is 1. The molecule has 2 aromatic rings. The topological polar surface area (TPSA) is 68.5 Å². The van der Waals surface area contributed by atoms with Crippen LogP contribution in [0.15, 0.2) is 16.0 Å². The van der Waals surface area contributed by atoms with Crippen LogP contribution in [0.3, 0.4) is 0 Å². The SMILES string of the molecule is COCc1ccsc1C(=O)N1CCCC1c1noc(C(C)C)n1. The monoisotopic (exact) mass is 335 g/mol. The molecule has 0 aliphatic carbocycles. The molecule has 0 radical (unpaired) electrons. The molecule has 0 N–H and O–H groups in total. The first-order chi connectivity index (χ1) is 11.1. The Hall–Kier alpha value is -1.73. The Morgan fingerprint density at radius 2 is 2.39 bits per heavy atom. The lowest BCUT2D eigenvalue weighted by molar-refractivity contribution is 0.0729. The van der Waals surface area contributed by atoms with Crippen molar-refractivity contribution >= 4 is 17.2 Å². The predicted molar refractivity (Wildman–Crippen MR) is 86.4 cm³/mol. The van der Waals surface area contributed by atoms with E-state index in [1.165, 1.54) is 11.3 Å². The minimum atomic E-state index is -0.101. The molecule has 23 heavy (non-hydrogen) atoms. The molecule has 1 atom stereocenters. The highest BCUT2D eigenvalue weighted by atomic mass is 32.1. The van der Waals surface area contributed by atoms with Gasteiger partial charge in [-0.3, -0.25) is 4.79 Å². The molecule has 1 fully saturated rings. The summed E-state index contributed by atoms with van der Waals surface area (Å²) in [5, 5.41) is 6.02. The van der Waals surface area contributed by atoms with Crippen LogP contribution in [0.5, 0.6) is 0 Å². The first-order valence-corrected chi connectivity index (χ1v) is 8.69. The van der Waals surface area contributed by atoms with Gasteiger partial charge in [0.15, 0.2) is 5.82 Å². The minimum Gasteiger partial charge on any atom is -0.380 e. The Labute approximate surface area is 139 Å². The summed E-state index contributed by atoms with van der Waals surface area (Å²) in [6.45, 7) is 5.19. The van der Waals surface area contributed by atoms with Crippen molar-refractivity contribution in [2.24, 2.45) is 0 Å². The van der Waals surface area contributed by atoms with Crippen molar-refractivity contribution < 1.29 is 14.1 Å². The van der Waals surface area contributed by atoms with Gasteiger partial charge in [0, 0.05) is 25.1 Å². The second-order valence-corrected chi connectivity index (χ2v) is 6.93. The third-order valence-electron chi connectivity index (χ3n) is 4.00. The highest BCUT2D eigenvalue weighted by Gasteiger charge is 2.35. The second-order valence-electron chi connectivity index (χ2n) is 6.01. The maximum atomic E-state index is 12.9. The molecule has 0 bridgehead atoms. The van der Waals surface area contributed by atoms with Crippen LogP contribution in [0, 0.1) is 0 Å². The van der Waals surface area contributed by atoms with E-state index in [0.29, 0.717) is 18.3 Å². The van der Waals surface area contributed by atoms with Crippen molar-refractivity contribution in [1.29, 1.82) is 0 Å². The summed E-state index contributed by atoms with van der Waals surface area (Å²) in [6, 6.07) is 1.84. The molecule has 1 saturated heterocycles. The highest BCUT2D eigenvalue weighted by molar-refractivity contribution is 7.12. The van der Waals surface area contributed by atoms with E-state index in [1.54, 1.807) is 7.11 Å². The van der Waals surface area contributed by atoms with Crippen molar-refractivity contribution in [2.75, 3.05) is 13.7 Å². The predicted octanol–water partition coefficient (Wildman–Crippen LogP) is 3.38. The summed E-state index contributed by atoms with van der Waals surface area (Å²) < 4.78 is 10.5. The number of nitrogens with zero attached hydrogens (tertiary/aromatic N) is 3. The first-order valence-electron chi connectivity index (χ1n) is 7.81. The van der Waals surface area contributed by atoms with Crippen molar-refractivity contribution in [3.63, 3.8) is 0 Å². The van der Waals surface area contributed by atoms with E-state index in [-0.39, 0.29) is 17.9 Å². The lowest BCUT2D eigenvalue weighted by Gasteiger charge is -2.22. The van der Waals surface area contributed by atoms with E-state index >= 15 is 0 Å². The second kappa shape index (κ2) is 6.80. The van der Waals surface area contributed by atoms with Crippen LogP contribution in [-0.4, -0.2) is 34.6 Å². The van der Waals surface area contributed by atoms with Gasteiger partial charge in [0.05, 0.1) is 17.5 Å². The van der Waals surface area contributed by atoms with Gasteiger partial charge in [-0.2, -0.15) is 4.98 Å². The summed E-state index contributed by atoms with van der Waals surface area (Å²) in [5.41, 5.74) is 0.934. The molecule has 1 unspecified atom stereocenters. The fraction of sp³-hybridized carbons (Fsp3) is 0.562. The molecule has 3 rings (SSSR count). The van der Waals surface area contributed by atoms with Crippen molar-refractivity contribution in [3.8, 4) is 0 Å². The maximum Gasteiger partial charge on any atom is 0.264 e. The number of hydrogen-bond acceptors (Lipinski definition) is 6. The number of carbonyl (C=O) groups excluding carboxylic acids is 1. The smallest absolute Gasteiger partial charge is 0.264 e. The fourth-order valence-corrected chi connectivity index (χ4v) is 3.68. The molecule has 6 nitrogen and oxygen atoms in total. The molecule has 1 amide bonds. The zero-order valence-corrected chi connectivity index (χ0v) is 14.4. The van der Waals surface area contributed by atoms with Crippen molar-refractivity contribution in [2.45, 2.75) is 45.3 Å². The Balaban J connectivity index is 1.83. The number of likely N-dealkylation sites (tertiary alicyclic amines) is 1. The molecule has 0 aromatic carbocycles. The minimum absolute atomic E-state index is 0.0328. The summed E-state index contributed by atoms with van der Waals surface area (Å²) >= 11 is 1.46. The van der Waals surface area contributed by atoms with Gasteiger partial charge in [-0.05, 0) is 24.3 Å². The fourth-order valence-electron chi connectivity index (χ4n) is 2.82. The zero-order chi connectivity index (χ0) is 16.4. The number of amides is 1. The van der Waals surface area contributed by atoms with E-state index in [9.17, 15) is 4.79 Å². The number of ether oxygens (including phenoxy) is 1. The van der Waals surface area contributed by atoms with E-state index in [4.69, 9.17) is 9.26 Å². The van der Waals surface area contributed by atoms with E-state index in [0.717, 1.165) is 29.8 Å². The number of methoxy groups -OCH3 is 1. The van der Waals surface area contributed by atoms with E-state index < -0.39 is 0 Å². The van der Waals surface area contributed by atoms with Gasteiger partial charge in [0.2, 0.25) is 5.89 Å². The lowest BCUT2D eigenvalue weighted by atomic mass is 10.2. The normalized spacial score (nSPS) is 18.1. The molecule has 124 valence electrons. The van der Waals surface area contributed by atoms with Gasteiger partial charge in [-0.1, -0.05) is 19.0 Å². The molecule has 0 spiro atoms. The molecular weight excluding hydrogens is 314 g/mol. The van der Waals surface area contributed by atoms with Gasteiger partial charge in [0.25, 0.3) is 5.91 Å². The van der Waals surface area contributed by atoms with Gasteiger partial charge in [-0.25, -0.2) is 0 Å². The number of rotatable bonds is 5. The molecule has 7 heteroatoms. The Morgan fingerprint density at radius 1 is 1.57 bits per heavy atom. The molecule has 3 heterocycles. The molecular formula is C16H21N3O3S. The van der Waals surface area contributed by atoms with Crippen molar-refractivity contribution in [1.82, 2.24) is 15.0 Å². The first kappa shape index (κ1) is 16.1. The summed E-state index contributed by atoms with van der Waals surface area (Å²) in [4.78, 5) is 20.0. The van der Waals surface area contributed by atoms with Crippen molar-refractivity contribution in [3.05, 3.63) is 33.6 Å². The van der Waals surface area contributed by atoms with Crippen LogP contribution in [0.1, 0.15) is 65.6 Å². The average molecular weight is 335 g/mol. The maximum absolute atomic E-state index is 12.9. The number of aromatic nitrogens is 2. The standard InChI is InChI=1S/C16H21N3O3S/c1-10(2)15-17-14(18-22-15)12-5-4-7-19(12)16(20)13-11(9-21-3)6-8-23-13/h6,8,10,12H,4-5,7,9H2,1-3H3. The zero-order valence-electron chi connectivity index (χ0n) is 13.6. The van der Waals surface area contributed by atoms with E-state index in [2.05, 4.69) is 10.1 Å². The van der Waals surface area contributed by atoms with E-state index in [1.807, 2.05) is 30.2 Å². The summed E-state index contributed by atoms with van der Waals surface area (Å²) in [7, 11) is 1.64. The van der Waals surface area contributed by atoms with Gasteiger partial charge >= 0.3 is 0 Å². The van der Waals surface area contributed by atoms with Crippen LogP contribution in [0.4, 0.5) is 0 Å². The largest absolute Gasteiger partial charge is 0.380 e.